The van der Waals surface area contributed by atoms with Gasteiger partial charge in [-0.15, -0.1) is 0 Å². The first-order valence-corrected chi connectivity index (χ1v) is 7.67. The van der Waals surface area contributed by atoms with Crippen molar-refractivity contribution in [3.05, 3.63) is 0 Å². The average Bonchev–Trinajstić information content (AvgIpc) is 2.40. The molecule has 0 amide bonds. The van der Waals surface area contributed by atoms with Gasteiger partial charge in [0, 0.05) is 23.9 Å². The minimum atomic E-state index is -1.08. The first-order chi connectivity index (χ1) is 10.9. The molecule has 0 rings (SSSR count). The Bertz CT molecular complexity index is 312. The molecule has 0 aromatic rings. The van der Waals surface area contributed by atoms with E-state index in [1.54, 1.807) is 0 Å². The van der Waals surface area contributed by atoms with Gasteiger partial charge in [0.2, 0.25) is 0 Å². The number of carbonyl (C=O) groups is 4. The molecule has 0 fully saturated rings. The molecule has 0 radical (unpaired) electrons. The molecule has 8 nitrogen and oxygen atoms in total. The fourth-order valence-electron chi connectivity index (χ4n) is 1.24. The predicted octanol–water partition coefficient (Wildman–Crippen LogP) is -2.90. The maximum absolute atomic E-state index is 10.1. The van der Waals surface area contributed by atoms with Gasteiger partial charge in [-0.05, 0) is 51.4 Å². The van der Waals surface area contributed by atoms with Gasteiger partial charge in [0.05, 0.1) is 0 Å². The Labute approximate surface area is 188 Å². The number of hydrogen-bond acceptors (Lipinski definition) is 8. The van der Waals surface area contributed by atoms with Crippen molar-refractivity contribution in [3.63, 3.8) is 0 Å². The zero-order valence-electron chi connectivity index (χ0n) is 16.7. The molecule has 0 saturated heterocycles. The second-order valence-electron chi connectivity index (χ2n) is 4.65. The van der Waals surface area contributed by atoms with E-state index in [1.165, 1.54) is 0 Å². The standard InChI is InChI=1S/2C6H12O2.2C2H4O2.2Mg/c2*1-3-5(4-2)6(7)8;2*1-2(3)4;;/h2*5H,3-4H2,1-2H3,(H,7,8);2*1H3,(H,3,4);;/q;;;;2*+2/p-4. The van der Waals surface area contributed by atoms with Crippen LogP contribution in [0.5, 0.6) is 0 Å². The number of rotatable bonds is 6. The zero-order valence-corrected chi connectivity index (χ0v) is 19.5. The molecule has 0 aromatic carbocycles. The molecule has 0 atom stereocenters. The van der Waals surface area contributed by atoms with Crippen LogP contribution in [0.25, 0.3) is 0 Å². The van der Waals surface area contributed by atoms with Gasteiger partial charge < -0.3 is 39.6 Å². The summed E-state index contributed by atoms with van der Waals surface area (Å²) in [5.74, 6) is -4.49. The second kappa shape index (κ2) is 29.2. The molecule has 0 aliphatic heterocycles. The van der Waals surface area contributed by atoms with Crippen LogP contribution in [-0.4, -0.2) is 70.0 Å². The smallest absolute Gasteiger partial charge is 0.550 e. The number of hydrogen-bond donors (Lipinski definition) is 0. The molecule has 0 aromatic heterocycles. The third-order valence-electron chi connectivity index (χ3n) is 2.64. The molecule has 0 heterocycles. The van der Waals surface area contributed by atoms with Crippen LogP contribution in [-0.2, 0) is 19.2 Å². The van der Waals surface area contributed by atoms with E-state index in [4.69, 9.17) is 19.8 Å². The van der Waals surface area contributed by atoms with E-state index in [0.717, 1.165) is 13.8 Å². The minimum Gasteiger partial charge on any atom is -0.550 e. The van der Waals surface area contributed by atoms with Gasteiger partial charge in [0.15, 0.2) is 0 Å². The zero-order chi connectivity index (χ0) is 20.3. The first kappa shape index (κ1) is 40.2. The number of carboxylic acid groups (broad SMARTS) is 4. The van der Waals surface area contributed by atoms with E-state index in [0.29, 0.717) is 25.7 Å². The van der Waals surface area contributed by atoms with E-state index in [1.807, 2.05) is 27.7 Å². The summed E-state index contributed by atoms with van der Waals surface area (Å²) in [6, 6.07) is 0. The molecule has 10 heteroatoms. The van der Waals surface area contributed by atoms with Gasteiger partial charge in [0.25, 0.3) is 0 Å². The largest absolute Gasteiger partial charge is 2.00 e. The Morgan fingerprint density at radius 3 is 0.692 bits per heavy atom. The van der Waals surface area contributed by atoms with Crippen molar-refractivity contribution in [1.82, 2.24) is 0 Å². The fraction of sp³-hybridized carbons (Fsp3) is 0.750. The van der Waals surface area contributed by atoms with Crippen molar-refractivity contribution < 1.29 is 39.6 Å². The molecule has 0 N–H and O–H groups in total. The van der Waals surface area contributed by atoms with Gasteiger partial charge in [-0.25, -0.2) is 0 Å². The van der Waals surface area contributed by atoms with Crippen LogP contribution in [0.4, 0.5) is 0 Å². The summed E-state index contributed by atoms with van der Waals surface area (Å²) in [4.78, 5) is 37.9. The fourth-order valence-corrected chi connectivity index (χ4v) is 1.24. The third-order valence-corrected chi connectivity index (χ3v) is 2.64. The van der Waals surface area contributed by atoms with Crippen LogP contribution in [0.3, 0.4) is 0 Å². The quantitative estimate of drug-likeness (QED) is 0.431. The molecule has 26 heavy (non-hydrogen) atoms. The van der Waals surface area contributed by atoms with Crippen molar-refractivity contribution >= 4 is 70.0 Å². The van der Waals surface area contributed by atoms with E-state index in [-0.39, 0.29) is 57.9 Å². The molecular weight excluding hydrogens is 369 g/mol. The van der Waals surface area contributed by atoms with Gasteiger partial charge in [-0.2, -0.15) is 0 Å². The van der Waals surface area contributed by atoms with Crippen LogP contribution < -0.4 is 20.4 Å². The first-order valence-electron chi connectivity index (χ1n) is 7.67. The molecule has 144 valence electrons. The number of aliphatic carboxylic acids is 4. The predicted molar refractivity (Wildman–Crippen MR) is 91.0 cm³/mol. The molecule has 0 spiro atoms. The second-order valence-corrected chi connectivity index (χ2v) is 4.65. The van der Waals surface area contributed by atoms with E-state index in [2.05, 4.69) is 0 Å². The van der Waals surface area contributed by atoms with Crippen LogP contribution >= 0.6 is 0 Å². The minimum absolute atomic E-state index is 0. The van der Waals surface area contributed by atoms with Gasteiger partial charge >= 0.3 is 46.1 Å². The summed E-state index contributed by atoms with van der Waals surface area (Å²) >= 11 is 0. The molecule has 0 unspecified atom stereocenters. The van der Waals surface area contributed by atoms with Crippen molar-refractivity contribution in [2.24, 2.45) is 11.8 Å². The summed E-state index contributed by atoms with van der Waals surface area (Å²) in [6.45, 7) is 9.35. The number of carboxylic acids is 4. The average molecular weight is 397 g/mol. The molecule has 0 bridgehead atoms. The Morgan fingerprint density at radius 1 is 0.577 bits per heavy atom. The van der Waals surface area contributed by atoms with Crippen molar-refractivity contribution in [2.45, 2.75) is 67.2 Å². The molecule has 0 saturated carbocycles. The Kier molecular flexibility index (Phi) is 45.1. The monoisotopic (exact) mass is 396 g/mol. The maximum Gasteiger partial charge on any atom is 2.00 e. The van der Waals surface area contributed by atoms with Crippen LogP contribution in [0.1, 0.15) is 67.2 Å². The summed E-state index contributed by atoms with van der Waals surface area (Å²) in [5, 5.41) is 37.9. The Hall–Kier alpha value is -0.588. The molecule has 0 aliphatic carbocycles. The third kappa shape index (κ3) is 49.5. The van der Waals surface area contributed by atoms with Crippen molar-refractivity contribution in [1.29, 1.82) is 0 Å². The summed E-state index contributed by atoms with van der Waals surface area (Å²) < 4.78 is 0. The topological polar surface area (TPSA) is 161 Å². The Morgan fingerprint density at radius 2 is 0.692 bits per heavy atom. The Balaban J connectivity index is -0.0000000525. The van der Waals surface area contributed by atoms with E-state index in [9.17, 15) is 19.8 Å². The SMILES string of the molecule is CC(=O)[O-].CC(=O)[O-].CCC(CC)C(=O)[O-].CCC(CC)C(=O)[O-].[Mg+2].[Mg+2]. The van der Waals surface area contributed by atoms with Crippen molar-refractivity contribution in [3.8, 4) is 0 Å². The van der Waals surface area contributed by atoms with Gasteiger partial charge in [-0.1, -0.05) is 27.7 Å². The molecular formula is C16H28Mg2O8. The van der Waals surface area contributed by atoms with Crippen LogP contribution in [0.15, 0.2) is 0 Å². The van der Waals surface area contributed by atoms with E-state index >= 15 is 0 Å². The van der Waals surface area contributed by atoms with Crippen LogP contribution in [0, 0.1) is 11.8 Å². The van der Waals surface area contributed by atoms with Gasteiger partial charge in [-0.3, -0.25) is 0 Å². The van der Waals surface area contributed by atoms with Crippen LogP contribution in [0.2, 0.25) is 0 Å². The van der Waals surface area contributed by atoms with E-state index < -0.39 is 23.9 Å². The van der Waals surface area contributed by atoms with Crippen molar-refractivity contribution in [2.75, 3.05) is 0 Å². The summed E-state index contributed by atoms with van der Waals surface area (Å²) in [7, 11) is 0. The summed E-state index contributed by atoms with van der Waals surface area (Å²) in [5.41, 5.74) is 0. The summed E-state index contributed by atoms with van der Waals surface area (Å²) in [6.07, 6.45) is 2.72. The number of carbonyl (C=O) groups excluding carboxylic acids is 4. The van der Waals surface area contributed by atoms with Gasteiger partial charge in [0.1, 0.15) is 0 Å². The molecule has 0 aliphatic rings. The normalized spacial score (nSPS) is 8.00. The maximum atomic E-state index is 10.1.